The zero-order chi connectivity index (χ0) is 21.5. The van der Waals surface area contributed by atoms with Crippen molar-refractivity contribution in [3.63, 3.8) is 0 Å². The molecule has 6 N–H and O–H groups in total. The number of nitrogens with zero attached hydrogens (tertiary/aromatic N) is 4. The average Bonchev–Trinajstić information content (AvgIpc) is 3.05. The molecule has 0 aliphatic heterocycles. The quantitative estimate of drug-likeness (QED) is 0.177. The van der Waals surface area contributed by atoms with Crippen LogP contribution in [-0.2, 0) is 32.8 Å². The number of imidazole rings is 1. The lowest BCUT2D eigenvalue weighted by atomic mass is 10.2. The van der Waals surface area contributed by atoms with Crippen molar-refractivity contribution in [2.75, 3.05) is 7.11 Å². The number of carbonyl (C=O) groups is 2. The summed E-state index contributed by atoms with van der Waals surface area (Å²) in [5.41, 5.74) is 11.7. The van der Waals surface area contributed by atoms with Gasteiger partial charge in [0.25, 0.3) is 0 Å². The Bertz CT molecular complexity index is 700. The first-order valence-corrected chi connectivity index (χ1v) is 8.03. The normalized spacial score (nSPS) is 13.8. The van der Waals surface area contributed by atoms with Crippen LogP contribution >= 0.6 is 0 Å². The van der Waals surface area contributed by atoms with Crippen molar-refractivity contribution in [1.82, 2.24) is 9.55 Å². The lowest BCUT2D eigenvalue weighted by molar-refractivity contribution is -0.188. The van der Waals surface area contributed by atoms with Gasteiger partial charge < -0.3 is 31.1 Å². The third-order valence-corrected chi connectivity index (χ3v) is 3.06. The summed E-state index contributed by atoms with van der Waals surface area (Å²) in [6, 6.07) is -1.87. The van der Waals surface area contributed by atoms with Crippen LogP contribution in [0.2, 0.25) is 0 Å². The van der Waals surface area contributed by atoms with Crippen LogP contribution in [0.3, 0.4) is 0 Å². The van der Waals surface area contributed by atoms with Crippen LogP contribution in [0.25, 0.3) is 0 Å². The Balaban J connectivity index is 0.000000540. The summed E-state index contributed by atoms with van der Waals surface area (Å²) in [5.74, 6) is -2.10. The Hall–Kier alpha value is -3.25. The molecule has 0 saturated carbocycles. The van der Waals surface area contributed by atoms with Gasteiger partial charge >= 0.3 is 11.9 Å². The van der Waals surface area contributed by atoms with Crippen molar-refractivity contribution in [2.24, 2.45) is 28.5 Å². The molecule has 12 heteroatoms. The lowest BCUT2D eigenvalue weighted by Gasteiger charge is -2.06. The molecule has 0 spiro atoms. The Labute approximate surface area is 162 Å². The van der Waals surface area contributed by atoms with Gasteiger partial charge in [-0.1, -0.05) is 0 Å². The Morgan fingerprint density at radius 2 is 2.07 bits per heavy atom. The van der Waals surface area contributed by atoms with E-state index in [-0.39, 0.29) is 12.8 Å². The highest BCUT2D eigenvalue weighted by molar-refractivity contribution is 5.75. The summed E-state index contributed by atoms with van der Waals surface area (Å²) >= 11 is 0. The number of nitrogens with two attached hydrogens (primary N) is 2. The fourth-order valence-corrected chi connectivity index (χ4v) is 1.76. The van der Waals surface area contributed by atoms with Crippen LogP contribution in [0.5, 0.6) is 0 Å². The van der Waals surface area contributed by atoms with Gasteiger partial charge in [0.2, 0.25) is 6.40 Å². The second-order valence-corrected chi connectivity index (χ2v) is 5.30. The predicted molar refractivity (Wildman–Crippen MR) is 102 cm³/mol. The van der Waals surface area contributed by atoms with E-state index >= 15 is 0 Å². The molecule has 1 rings (SSSR count). The Kier molecular flexibility index (Phi) is 12.3. The van der Waals surface area contributed by atoms with E-state index in [2.05, 4.69) is 24.7 Å². The summed E-state index contributed by atoms with van der Waals surface area (Å²) in [5, 5.41) is 17.3. The second-order valence-electron chi connectivity index (χ2n) is 5.30. The monoisotopic (exact) mass is 398 g/mol. The molecule has 28 heavy (non-hydrogen) atoms. The second kappa shape index (κ2) is 13.9. The van der Waals surface area contributed by atoms with Crippen molar-refractivity contribution in [2.45, 2.75) is 31.8 Å². The molecule has 0 aliphatic carbocycles. The van der Waals surface area contributed by atoms with E-state index in [1.54, 1.807) is 24.0 Å². The predicted octanol–water partition coefficient (Wildman–Crippen LogP) is -0.299. The molecular formula is C16H26N6O6. The fourth-order valence-electron chi connectivity index (χ4n) is 1.76. The molecular weight excluding hydrogens is 372 g/mol. The van der Waals surface area contributed by atoms with Crippen LogP contribution in [0.15, 0.2) is 34.4 Å². The SMILES string of the molecule is CC=N/C(=C\N)C[C@H](N=COOC)C(=O)O.Cn1cnc(C[C@H](N)C(=O)O)c1. The van der Waals surface area contributed by atoms with Gasteiger partial charge in [-0.05, 0) is 6.92 Å². The standard InChI is InChI=1S/C9H15N3O4.C7H11N3O2/c1-3-11-7(5-10)4-8(9(13)14)12-6-16-15-2;1-10-3-5(9-4-10)2-6(8)7(11)12/h3,5-6,8H,4,10H2,1-2H3,(H,13,14);3-4,6H,2,8H2,1H3,(H,11,12)/b7-5-,11-3?,12-6?;/t8-;6-/m00/s1. The molecule has 0 amide bonds. The smallest absolute Gasteiger partial charge is 0.328 e. The van der Waals surface area contributed by atoms with Crippen molar-refractivity contribution in [3.05, 3.63) is 30.1 Å². The third kappa shape index (κ3) is 10.7. The van der Waals surface area contributed by atoms with E-state index in [4.69, 9.17) is 21.7 Å². The van der Waals surface area contributed by atoms with E-state index in [0.717, 1.165) is 6.40 Å². The van der Waals surface area contributed by atoms with Crippen molar-refractivity contribution >= 4 is 24.6 Å². The number of aromatic nitrogens is 2. The largest absolute Gasteiger partial charge is 0.480 e. The van der Waals surface area contributed by atoms with Gasteiger partial charge in [-0.3, -0.25) is 9.79 Å². The first kappa shape index (κ1) is 24.8. The number of hydrogen-bond donors (Lipinski definition) is 4. The molecule has 0 saturated heterocycles. The maximum atomic E-state index is 10.8. The molecule has 0 aromatic carbocycles. The molecule has 2 atom stereocenters. The maximum Gasteiger partial charge on any atom is 0.328 e. The van der Waals surface area contributed by atoms with E-state index < -0.39 is 24.0 Å². The molecule has 12 nitrogen and oxygen atoms in total. The highest BCUT2D eigenvalue weighted by atomic mass is 17.2. The zero-order valence-electron chi connectivity index (χ0n) is 15.9. The first-order chi connectivity index (χ1) is 13.2. The van der Waals surface area contributed by atoms with E-state index in [9.17, 15) is 9.59 Å². The number of aryl methyl sites for hydroxylation is 1. The van der Waals surface area contributed by atoms with Crippen LogP contribution in [0.4, 0.5) is 0 Å². The number of carboxylic acids is 2. The summed E-state index contributed by atoms with van der Waals surface area (Å²) in [7, 11) is 3.11. The van der Waals surface area contributed by atoms with E-state index in [0.29, 0.717) is 11.4 Å². The van der Waals surface area contributed by atoms with Gasteiger partial charge in [-0.2, -0.15) is 4.89 Å². The van der Waals surface area contributed by atoms with Gasteiger partial charge in [0.15, 0.2) is 6.04 Å². The summed E-state index contributed by atoms with van der Waals surface area (Å²) in [6.45, 7) is 1.70. The highest BCUT2D eigenvalue weighted by Gasteiger charge is 2.17. The summed E-state index contributed by atoms with van der Waals surface area (Å²) < 4.78 is 1.75. The van der Waals surface area contributed by atoms with Crippen molar-refractivity contribution in [1.29, 1.82) is 0 Å². The van der Waals surface area contributed by atoms with Crippen LogP contribution in [-0.4, -0.2) is 63.5 Å². The molecule has 1 aromatic rings. The molecule has 0 bridgehead atoms. The van der Waals surface area contributed by atoms with Crippen LogP contribution in [0.1, 0.15) is 19.0 Å². The third-order valence-electron chi connectivity index (χ3n) is 3.06. The minimum Gasteiger partial charge on any atom is -0.480 e. The Morgan fingerprint density at radius 1 is 1.39 bits per heavy atom. The zero-order valence-corrected chi connectivity index (χ0v) is 15.9. The highest BCUT2D eigenvalue weighted by Crippen LogP contribution is 2.09. The van der Waals surface area contributed by atoms with Crippen LogP contribution in [0, 0.1) is 0 Å². The molecule has 0 radical (unpaired) electrons. The van der Waals surface area contributed by atoms with Crippen molar-refractivity contribution in [3.8, 4) is 0 Å². The molecule has 0 aliphatic rings. The van der Waals surface area contributed by atoms with Gasteiger partial charge in [-0.15, -0.1) is 0 Å². The van der Waals surface area contributed by atoms with E-state index in [1.807, 2.05) is 7.05 Å². The number of rotatable bonds is 10. The Morgan fingerprint density at radius 3 is 2.50 bits per heavy atom. The van der Waals surface area contributed by atoms with Gasteiger partial charge in [0.1, 0.15) is 6.04 Å². The van der Waals surface area contributed by atoms with E-state index in [1.165, 1.54) is 19.5 Å². The number of aliphatic imine (C=N–C) groups is 2. The molecule has 1 heterocycles. The summed E-state index contributed by atoms with van der Waals surface area (Å²) in [4.78, 5) is 41.2. The number of aliphatic carboxylic acids is 2. The maximum absolute atomic E-state index is 10.8. The molecule has 0 unspecified atom stereocenters. The molecule has 1 aromatic heterocycles. The fraction of sp³-hybridized carbons (Fsp3) is 0.438. The average molecular weight is 398 g/mol. The number of carboxylic acid groups (broad SMARTS) is 2. The summed E-state index contributed by atoms with van der Waals surface area (Å²) in [6.07, 6.45) is 7.40. The van der Waals surface area contributed by atoms with Gasteiger partial charge in [0, 0.05) is 38.5 Å². The van der Waals surface area contributed by atoms with Crippen LogP contribution < -0.4 is 11.5 Å². The molecule has 156 valence electrons. The van der Waals surface area contributed by atoms with Crippen molar-refractivity contribution < 1.29 is 29.6 Å². The van der Waals surface area contributed by atoms with Gasteiger partial charge in [0.05, 0.1) is 24.8 Å². The topological polar surface area (TPSA) is 188 Å². The molecule has 0 fully saturated rings. The minimum atomic E-state index is -1.10. The first-order valence-electron chi connectivity index (χ1n) is 8.03. The number of hydrogen-bond acceptors (Lipinski definition) is 9. The minimum absolute atomic E-state index is 0.0831. The van der Waals surface area contributed by atoms with Gasteiger partial charge in [-0.25, -0.2) is 14.8 Å². The lowest BCUT2D eigenvalue weighted by Crippen LogP contribution is -2.32.